The van der Waals surface area contributed by atoms with E-state index < -0.39 is 0 Å². The van der Waals surface area contributed by atoms with Gasteiger partial charge in [0.05, 0.1) is 32.1 Å². The van der Waals surface area contributed by atoms with Crippen LogP contribution in [-0.2, 0) is 4.74 Å². The number of ether oxygens (including phenoxy) is 3. The summed E-state index contributed by atoms with van der Waals surface area (Å²) in [7, 11) is 3.05. The second-order valence-electron chi connectivity index (χ2n) is 4.11. The fraction of sp³-hybridized carbons (Fsp3) is 0.500. The molecule has 1 aromatic rings. The first kappa shape index (κ1) is 13.4. The zero-order chi connectivity index (χ0) is 14.0. The lowest BCUT2D eigenvalue weighted by Gasteiger charge is -2.31. The van der Waals surface area contributed by atoms with Crippen molar-refractivity contribution in [3.8, 4) is 11.5 Å². The van der Waals surface area contributed by atoms with E-state index in [4.69, 9.17) is 25.7 Å². The number of nitrogens with one attached hydrogen (secondary N) is 2. The Bertz CT molecular complexity index is 479. The van der Waals surface area contributed by atoms with Crippen molar-refractivity contribution in [2.75, 3.05) is 49.5 Å². The fourth-order valence-electron chi connectivity index (χ4n) is 2.19. The highest BCUT2D eigenvalue weighted by Crippen LogP contribution is 2.50. The largest absolute Gasteiger partial charge is 0.491 e. The van der Waals surface area contributed by atoms with Crippen LogP contribution in [-0.4, -0.2) is 33.6 Å². The summed E-state index contributed by atoms with van der Waals surface area (Å²) in [6.45, 7) is 3.14. The van der Waals surface area contributed by atoms with Crippen molar-refractivity contribution >= 4 is 22.7 Å². The lowest BCUT2D eigenvalue weighted by molar-refractivity contribution is 0.0904. The molecule has 1 aliphatic heterocycles. The molecule has 0 fully saturated rings. The Morgan fingerprint density at radius 3 is 2.21 bits per heavy atom. The lowest BCUT2D eigenvalue weighted by Crippen LogP contribution is -2.36. The molecule has 0 aliphatic carbocycles. The van der Waals surface area contributed by atoms with E-state index in [0.717, 1.165) is 0 Å². The molecule has 7 nitrogen and oxygen atoms in total. The molecule has 0 amide bonds. The summed E-state index contributed by atoms with van der Waals surface area (Å²) in [5, 5.41) is 6.41. The second kappa shape index (κ2) is 5.31. The van der Waals surface area contributed by atoms with Gasteiger partial charge < -0.3 is 36.3 Å². The summed E-state index contributed by atoms with van der Waals surface area (Å²) in [6.07, 6.45) is -0.155. The van der Waals surface area contributed by atoms with E-state index in [1.54, 1.807) is 0 Å². The zero-order valence-electron chi connectivity index (χ0n) is 11.4. The third-order valence-electron chi connectivity index (χ3n) is 3.03. The SMILES string of the molecule is CCOC1CNc2c(N)c(OC)c(OC)c(N)c2N1. The fourth-order valence-corrected chi connectivity index (χ4v) is 2.19. The van der Waals surface area contributed by atoms with E-state index in [2.05, 4.69) is 10.6 Å². The van der Waals surface area contributed by atoms with Gasteiger partial charge in [0.25, 0.3) is 0 Å². The molecule has 1 unspecified atom stereocenters. The number of rotatable bonds is 4. The summed E-state index contributed by atoms with van der Waals surface area (Å²) in [6, 6.07) is 0. The molecule has 0 spiro atoms. The van der Waals surface area contributed by atoms with Crippen molar-refractivity contribution in [2.24, 2.45) is 0 Å². The van der Waals surface area contributed by atoms with Gasteiger partial charge in [-0.2, -0.15) is 0 Å². The van der Waals surface area contributed by atoms with Crippen LogP contribution >= 0.6 is 0 Å². The highest BCUT2D eigenvalue weighted by Gasteiger charge is 2.27. The van der Waals surface area contributed by atoms with Crippen molar-refractivity contribution in [2.45, 2.75) is 13.2 Å². The molecule has 2 rings (SSSR count). The molecule has 6 N–H and O–H groups in total. The van der Waals surface area contributed by atoms with Crippen molar-refractivity contribution in [3.63, 3.8) is 0 Å². The molecule has 1 heterocycles. The Labute approximate surface area is 112 Å². The molecule has 0 aromatic heterocycles. The van der Waals surface area contributed by atoms with Crippen molar-refractivity contribution in [1.29, 1.82) is 0 Å². The van der Waals surface area contributed by atoms with Crippen molar-refractivity contribution < 1.29 is 14.2 Å². The van der Waals surface area contributed by atoms with Crippen LogP contribution < -0.4 is 31.6 Å². The zero-order valence-corrected chi connectivity index (χ0v) is 11.4. The Kier molecular flexibility index (Phi) is 3.75. The Hall–Kier alpha value is -2.02. The maximum Gasteiger partial charge on any atom is 0.188 e. The minimum atomic E-state index is -0.155. The molecular weight excluding hydrogens is 248 g/mol. The van der Waals surface area contributed by atoms with Crippen LogP contribution in [0.15, 0.2) is 0 Å². The van der Waals surface area contributed by atoms with E-state index in [1.165, 1.54) is 14.2 Å². The van der Waals surface area contributed by atoms with Crippen LogP contribution in [0.4, 0.5) is 22.7 Å². The molecule has 19 heavy (non-hydrogen) atoms. The third-order valence-corrected chi connectivity index (χ3v) is 3.03. The number of fused-ring (bicyclic) bond motifs is 1. The molecule has 106 valence electrons. The van der Waals surface area contributed by atoms with Gasteiger partial charge in [-0.3, -0.25) is 0 Å². The number of benzene rings is 1. The number of nitrogens with two attached hydrogens (primary N) is 2. The molecule has 1 aliphatic rings. The average molecular weight is 268 g/mol. The summed E-state index contributed by atoms with van der Waals surface area (Å²) >= 11 is 0. The van der Waals surface area contributed by atoms with Crippen LogP contribution in [0.5, 0.6) is 11.5 Å². The summed E-state index contributed by atoms with van der Waals surface area (Å²) in [5.41, 5.74) is 14.5. The van der Waals surface area contributed by atoms with Crippen LogP contribution in [0.3, 0.4) is 0 Å². The molecular formula is C12H20N4O3. The maximum absolute atomic E-state index is 6.10. The topological polar surface area (TPSA) is 104 Å². The number of nitrogen functional groups attached to an aromatic ring is 2. The van der Waals surface area contributed by atoms with Crippen LogP contribution in [0, 0.1) is 0 Å². The van der Waals surface area contributed by atoms with Gasteiger partial charge in [0.2, 0.25) is 0 Å². The van der Waals surface area contributed by atoms with Gasteiger partial charge in [-0.15, -0.1) is 0 Å². The number of anilines is 4. The molecule has 1 aromatic carbocycles. The molecule has 0 radical (unpaired) electrons. The number of hydrogen-bond acceptors (Lipinski definition) is 7. The first-order valence-electron chi connectivity index (χ1n) is 6.08. The Morgan fingerprint density at radius 1 is 1.11 bits per heavy atom. The average Bonchev–Trinajstić information content (AvgIpc) is 2.42. The number of methoxy groups -OCH3 is 2. The maximum atomic E-state index is 6.10. The summed E-state index contributed by atoms with van der Waals surface area (Å²) in [4.78, 5) is 0. The van der Waals surface area contributed by atoms with Gasteiger partial charge >= 0.3 is 0 Å². The summed E-state index contributed by atoms with van der Waals surface area (Å²) < 4.78 is 16.1. The van der Waals surface area contributed by atoms with Crippen LogP contribution in [0.1, 0.15) is 6.92 Å². The van der Waals surface area contributed by atoms with E-state index in [0.29, 0.717) is 47.4 Å². The van der Waals surface area contributed by atoms with E-state index in [1.807, 2.05) is 6.92 Å². The minimum Gasteiger partial charge on any atom is -0.491 e. The normalized spacial score (nSPS) is 17.1. The minimum absolute atomic E-state index is 0.155. The van der Waals surface area contributed by atoms with Gasteiger partial charge in [0.1, 0.15) is 17.6 Å². The molecule has 0 saturated carbocycles. The van der Waals surface area contributed by atoms with Gasteiger partial charge in [0.15, 0.2) is 11.5 Å². The Balaban J connectivity index is 2.49. The molecule has 0 saturated heterocycles. The molecule has 0 bridgehead atoms. The van der Waals surface area contributed by atoms with Gasteiger partial charge in [-0.05, 0) is 6.92 Å². The summed E-state index contributed by atoms with van der Waals surface area (Å²) in [5.74, 6) is 0.855. The molecule has 7 heteroatoms. The third kappa shape index (κ3) is 2.17. The van der Waals surface area contributed by atoms with E-state index in [9.17, 15) is 0 Å². The predicted octanol–water partition coefficient (Wildman–Crippen LogP) is 1.07. The van der Waals surface area contributed by atoms with E-state index in [-0.39, 0.29) is 6.23 Å². The highest BCUT2D eigenvalue weighted by molar-refractivity contribution is 5.98. The van der Waals surface area contributed by atoms with Gasteiger partial charge in [0, 0.05) is 6.61 Å². The second-order valence-corrected chi connectivity index (χ2v) is 4.11. The standard InChI is InChI=1S/C12H20N4O3/c1-4-19-6-5-15-9-7(13)11(17-2)12(18-3)8(14)10(9)16-6/h6,15-16H,4-5,13-14H2,1-3H3. The highest BCUT2D eigenvalue weighted by atomic mass is 16.5. The lowest BCUT2D eigenvalue weighted by atomic mass is 10.1. The molecule has 1 atom stereocenters. The predicted molar refractivity (Wildman–Crippen MR) is 75.9 cm³/mol. The van der Waals surface area contributed by atoms with E-state index >= 15 is 0 Å². The van der Waals surface area contributed by atoms with Crippen LogP contribution in [0.25, 0.3) is 0 Å². The van der Waals surface area contributed by atoms with Crippen LogP contribution in [0.2, 0.25) is 0 Å². The first-order valence-corrected chi connectivity index (χ1v) is 6.08. The van der Waals surface area contributed by atoms with Gasteiger partial charge in [-0.25, -0.2) is 0 Å². The Morgan fingerprint density at radius 2 is 1.68 bits per heavy atom. The van der Waals surface area contributed by atoms with Crippen molar-refractivity contribution in [3.05, 3.63) is 0 Å². The monoisotopic (exact) mass is 268 g/mol. The quantitative estimate of drug-likeness (QED) is 0.605. The smallest absolute Gasteiger partial charge is 0.188 e. The van der Waals surface area contributed by atoms with Gasteiger partial charge in [-0.1, -0.05) is 0 Å². The van der Waals surface area contributed by atoms with Crippen molar-refractivity contribution in [1.82, 2.24) is 0 Å². The first-order chi connectivity index (χ1) is 9.13. The number of hydrogen-bond donors (Lipinski definition) is 4.